The Bertz CT molecular complexity index is 547. The molecule has 0 saturated heterocycles. The molecular weight excluding hydrogens is 318 g/mol. The zero-order valence-electron chi connectivity index (χ0n) is 11.7. The summed E-state index contributed by atoms with van der Waals surface area (Å²) in [4.78, 5) is 1.37. The van der Waals surface area contributed by atoms with Gasteiger partial charge in [-0.3, -0.25) is 0 Å². The molecule has 1 atom stereocenters. The lowest BCUT2D eigenvalue weighted by Gasteiger charge is -2.21. The van der Waals surface area contributed by atoms with Crippen LogP contribution >= 0.6 is 27.3 Å². The molecule has 0 bridgehead atoms. The van der Waals surface area contributed by atoms with E-state index in [1.54, 1.807) is 0 Å². The molecule has 1 N–H and O–H groups in total. The van der Waals surface area contributed by atoms with Crippen molar-refractivity contribution in [3.05, 3.63) is 55.7 Å². The summed E-state index contributed by atoms with van der Waals surface area (Å²) in [5, 5.41) is 5.94. The smallest absolute Gasteiger partial charge is 0.0588 e. The third-order valence-electron chi connectivity index (χ3n) is 3.30. The maximum absolute atomic E-state index is 3.67. The average Bonchev–Trinajstić information content (AvgIpc) is 2.81. The van der Waals surface area contributed by atoms with Crippen LogP contribution in [0.5, 0.6) is 0 Å². The Morgan fingerprint density at radius 3 is 2.74 bits per heavy atom. The first-order valence-electron chi connectivity index (χ1n) is 6.67. The van der Waals surface area contributed by atoms with Gasteiger partial charge in [0.05, 0.1) is 6.04 Å². The zero-order valence-corrected chi connectivity index (χ0v) is 14.1. The number of thiophene rings is 1. The van der Waals surface area contributed by atoms with Crippen molar-refractivity contribution < 1.29 is 0 Å². The molecule has 0 saturated carbocycles. The van der Waals surface area contributed by atoms with E-state index in [1.165, 1.54) is 26.0 Å². The van der Waals surface area contributed by atoms with Crippen molar-refractivity contribution in [2.75, 3.05) is 6.54 Å². The highest BCUT2D eigenvalue weighted by Crippen LogP contribution is 2.31. The van der Waals surface area contributed by atoms with Crippen molar-refractivity contribution in [1.29, 1.82) is 0 Å². The molecule has 19 heavy (non-hydrogen) atoms. The molecular formula is C16H20BrNS. The SMILES string of the molecule is CCCNC(c1csc(C)c1)c1cccc(Br)c1C. The Balaban J connectivity index is 2.39. The molecule has 2 aromatic rings. The normalized spacial score (nSPS) is 12.6. The fourth-order valence-electron chi connectivity index (χ4n) is 2.25. The van der Waals surface area contributed by atoms with Crippen molar-refractivity contribution in [2.45, 2.75) is 33.2 Å². The van der Waals surface area contributed by atoms with E-state index < -0.39 is 0 Å². The van der Waals surface area contributed by atoms with Gasteiger partial charge in [0.2, 0.25) is 0 Å². The standard InChI is InChI=1S/C16H20BrNS/c1-4-8-18-16(13-9-11(2)19-10-13)14-6-5-7-15(17)12(14)3/h5-7,9-10,16,18H,4,8H2,1-3H3. The van der Waals surface area contributed by atoms with Crippen molar-refractivity contribution >= 4 is 27.3 Å². The second-order valence-electron chi connectivity index (χ2n) is 4.83. The van der Waals surface area contributed by atoms with Gasteiger partial charge < -0.3 is 5.32 Å². The summed E-state index contributed by atoms with van der Waals surface area (Å²) in [6.45, 7) is 7.58. The lowest BCUT2D eigenvalue weighted by Crippen LogP contribution is -2.23. The first-order chi connectivity index (χ1) is 9.13. The Morgan fingerprint density at radius 2 is 2.11 bits per heavy atom. The van der Waals surface area contributed by atoms with Gasteiger partial charge in [0.15, 0.2) is 0 Å². The van der Waals surface area contributed by atoms with Gasteiger partial charge in [-0.05, 0) is 61.0 Å². The van der Waals surface area contributed by atoms with Crippen LogP contribution in [-0.2, 0) is 0 Å². The third kappa shape index (κ3) is 3.47. The summed E-state index contributed by atoms with van der Waals surface area (Å²) in [6.07, 6.45) is 1.15. The molecule has 0 aliphatic rings. The molecule has 0 aliphatic carbocycles. The van der Waals surface area contributed by atoms with E-state index in [9.17, 15) is 0 Å². The molecule has 1 nitrogen and oxygen atoms in total. The molecule has 0 spiro atoms. The molecule has 1 aromatic heterocycles. The number of halogens is 1. The van der Waals surface area contributed by atoms with Gasteiger partial charge >= 0.3 is 0 Å². The quantitative estimate of drug-likeness (QED) is 0.788. The molecule has 1 unspecified atom stereocenters. The van der Waals surface area contributed by atoms with Crippen LogP contribution in [-0.4, -0.2) is 6.54 Å². The summed E-state index contributed by atoms with van der Waals surface area (Å²) in [6, 6.07) is 9.03. The van der Waals surface area contributed by atoms with Gasteiger partial charge in [-0.2, -0.15) is 0 Å². The number of rotatable bonds is 5. The highest BCUT2D eigenvalue weighted by Gasteiger charge is 2.17. The van der Waals surface area contributed by atoms with Crippen LogP contribution < -0.4 is 5.32 Å². The molecule has 0 amide bonds. The lowest BCUT2D eigenvalue weighted by molar-refractivity contribution is 0.597. The fourth-order valence-corrected chi connectivity index (χ4v) is 3.36. The first kappa shape index (κ1) is 14.8. The average molecular weight is 338 g/mol. The predicted molar refractivity (Wildman–Crippen MR) is 88.1 cm³/mol. The van der Waals surface area contributed by atoms with Crippen molar-refractivity contribution in [2.24, 2.45) is 0 Å². The Kier molecular flexibility index (Phi) is 5.20. The van der Waals surface area contributed by atoms with E-state index in [0.29, 0.717) is 6.04 Å². The number of nitrogens with one attached hydrogen (secondary N) is 1. The van der Waals surface area contributed by atoms with Crippen LogP contribution in [0, 0.1) is 13.8 Å². The summed E-state index contributed by atoms with van der Waals surface area (Å²) >= 11 is 5.45. The molecule has 2 rings (SSSR count). The number of hydrogen-bond acceptors (Lipinski definition) is 2. The van der Waals surface area contributed by atoms with Crippen molar-refractivity contribution in [3.63, 3.8) is 0 Å². The summed E-state index contributed by atoms with van der Waals surface area (Å²) in [7, 11) is 0. The maximum Gasteiger partial charge on any atom is 0.0588 e. The summed E-state index contributed by atoms with van der Waals surface area (Å²) in [5.41, 5.74) is 4.05. The molecule has 102 valence electrons. The van der Waals surface area contributed by atoms with E-state index >= 15 is 0 Å². The minimum atomic E-state index is 0.294. The Hall–Kier alpha value is -0.640. The van der Waals surface area contributed by atoms with Gasteiger partial charge in [-0.15, -0.1) is 11.3 Å². The van der Waals surface area contributed by atoms with Crippen molar-refractivity contribution in [3.8, 4) is 0 Å². The number of hydrogen-bond donors (Lipinski definition) is 1. The van der Waals surface area contributed by atoms with Crippen LogP contribution in [0.3, 0.4) is 0 Å². The van der Waals surface area contributed by atoms with Gasteiger partial charge in [-0.25, -0.2) is 0 Å². The van der Waals surface area contributed by atoms with Crippen LogP contribution in [0.4, 0.5) is 0 Å². The maximum atomic E-state index is 3.67. The Morgan fingerprint density at radius 1 is 1.32 bits per heavy atom. The molecule has 0 fully saturated rings. The van der Waals surface area contributed by atoms with Crippen LogP contribution in [0.25, 0.3) is 0 Å². The van der Waals surface area contributed by atoms with E-state index in [4.69, 9.17) is 0 Å². The van der Waals surface area contributed by atoms with E-state index in [1.807, 2.05) is 11.3 Å². The first-order valence-corrected chi connectivity index (χ1v) is 8.34. The minimum Gasteiger partial charge on any atom is -0.306 e. The van der Waals surface area contributed by atoms with Gasteiger partial charge in [0.25, 0.3) is 0 Å². The van der Waals surface area contributed by atoms with Gasteiger partial charge in [-0.1, -0.05) is 35.0 Å². The summed E-state index contributed by atoms with van der Waals surface area (Å²) < 4.78 is 1.18. The Labute approximate surface area is 128 Å². The van der Waals surface area contributed by atoms with E-state index in [2.05, 4.69) is 71.7 Å². The molecule has 3 heteroatoms. The monoisotopic (exact) mass is 337 g/mol. The predicted octanol–water partition coefficient (Wildman–Crippen LogP) is 5.22. The zero-order chi connectivity index (χ0) is 13.8. The van der Waals surface area contributed by atoms with Crippen LogP contribution in [0.2, 0.25) is 0 Å². The molecule has 1 aromatic carbocycles. The van der Waals surface area contributed by atoms with E-state index in [0.717, 1.165) is 13.0 Å². The number of benzene rings is 1. The second kappa shape index (κ2) is 6.69. The molecule has 0 radical (unpaired) electrons. The second-order valence-corrected chi connectivity index (χ2v) is 6.80. The van der Waals surface area contributed by atoms with Crippen molar-refractivity contribution in [1.82, 2.24) is 5.32 Å². The van der Waals surface area contributed by atoms with E-state index in [-0.39, 0.29) is 0 Å². The molecule has 1 heterocycles. The van der Waals surface area contributed by atoms with Crippen LogP contribution in [0.1, 0.15) is 41.0 Å². The third-order valence-corrected chi connectivity index (χ3v) is 5.04. The van der Waals surface area contributed by atoms with Gasteiger partial charge in [0.1, 0.15) is 0 Å². The number of aryl methyl sites for hydroxylation is 1. The van der Waals surface area contributed by atoms with Gasteiger partial charge in [0, 0.05) is 9.35 Å². The highest BCUT2D eigenvalue weighted by atomic mass is 79.9. The summed E-state index contributed by atoms with van der Waals surface area (Å²) in [5.74, 6) is 0. The minimum absolute atomic E-state index is 0.294. The largest absolute Gasteiger partial charge is 0.306 e. The topological polar surface area (TPSA) is 12.0 Å². The fraction of sp³-hybridized carbons (Fsp3) is 0.375. The lowest BCUT2D eigenvalue weighted by atomic mass is 9.96. The highest BCUT2D eigenvalue weighted by molar-refractivity contribution is 9.10. The van der Waals surface area contributed by atoms with Crippen LogP contribution in [0.15, 0.2) is 34.1 Å². The molecule has 0 aliphatic heterocycles.